The Hall–Kier alpha value is -1.56. The summed E-state index contributed by atoms with van der Waals surface area (Å²) in [4.78, 5) is 2.09. The molecule has 0 aliphatic rings. The molecule has 1 atom stereocenters. The molecule has 0 saturated carbocycles. The van der Waals surface area contributed by atoms with Crippen molar-refractivity contribution in [2.75, 3.05) is 13.2 Å². The summed E-state index contributed by atoms with van der Waals surface area (Å²) in [6.07, 6.45) is 1.09. The second-order valence-corrected chi connectivity index (χ2v) is 6.84. The molecule has 23 heavy (non-hydrogen) atoms. The van der Waals surface area contributed by atoms with Gasteiger partial charge in [-0.3, -0.25) is 4.90 Å². The number of aliphatic hydroxyl groups excluding tert-OH is 1. The SMILES string of the molecule is Cc1ccc(CN(Cc2ccco2)C[C@@H](O)COC(C)(C)C)o1. The summed E-state index contributed by atoms with van der Waals surface area (Å²) in [6, 6.07) is 7.70. The lowest BCUT2D eigenvalue weighted by atomic mass is 10.2. The van der Waals surface area contributed by atoms with Crippen LogP contribution in [0.15, 0.2) is 39.4 Å². The lowest BCUT2D eigenvalue weighted by molar-refractivity contribution is -0.0579. The van der Waals surface area contributed by atoms with Gasteiger partial charge < -0.3 is 18.7 Å². The average molecular weight is 321 g/mol. The van der Waals surface area contributed by atoms with Crippen molar-refractivity contribution in [3.05, 3.63) is 47.8 Å². The molecule has 0 fully saturated rings. The number of nitrogens with zero attached hydrogens (tertiary/aromatic N) is 1. The Balaban J connectivity index is 1.95. The largest absolute Gasteiger partial charge is 0.468 e. The Bertz CT molecular complexity index is 568. The van der Waals surface area contributed by atoms with E-state index < -0.39 is 6.10 Å². The third-order valence-corrected chi connectivity index (χ3v) is 3.31. The smallest absolute Gasteiger partial charge is 0.118 e. The van der Waals surface area contributed by atoms with Gasteiger partial charge in [0.2, 0.25) is 0 Å². The number of furan rings is 2. The van der Waals surface area contributed by atoms with Gasteiger partial charge in [0.05, 0.1) is 37.7 Å². The molecular formula is C18H27NO4. The predicted molar refractivity (Wildman–Crippen MR) is 88.0 cm³/mol. The topological polar surface area (TPSA) is 59.0 Å². The summed E-state index contributed by atoms with van der Waals surface area (Å²) in [5.41, 5.74) is -0.259. The van der Waals surface area contributed by atoms with Gasteiger partial charge in [0.15, 0.2) is 0 Å². The molecule has 2 aromatic heterocycles. The molecule has 0 unspecified atom stereocenters. The van der Waals surface area contributed by atoms with Gasteiger partial charge in [-0.05, 0) is 52.0 Å². The molecule has 0 aromatic carbocycles. The minimum atomic E-state index is -0.569. The summed E-state index contributed by atoms with van der Waals surface area (Å²) in [5.74, 6) is 2.62. The second-order valence-electron chi connectivity index (χ2n) is 6.84. The van der Waals surface area contributed by atoms with Crippen LogP contribution in [0.3, 0.4) is 0 Å². The number of hydrogen-bond acceptors (Lipinski definition) is 5. The Morgan fingerprint density at radius 2 is 1.91 bits per heavy atom. The van der Waals surface area contributed by atoms with E-state index in [0.717, 1.165) is 17.3 Å². The molecule has 5 nitrogen and oxygen atoms in total. The van der Waals surface area contributed by atoms with Crippen molar-refractivity contribution in [3.8, 4) is 0 Å². The summed E-state index contributed by atoms with van der Waals surface area (Å²) in [6.45, 7) is 9.86. The molecule has 0 saturated heterocycles. The van der Waals surface area contributed by atoms with Crippen LogP contribution < -0.4 is 0 Å². The molecule has 2 heterocycles. The molecule has 5 heteroatoms. The highest BCUT2D eigenvalue weighted by Crippen LogP contribution is 2.14. The van der Waals surface area contributed by atoms with Crippen LogP contribution in [-0.2, 0) is 17.8 Å². The Kier molecular flexibility index (Phi) is 6.04. The van der Waals surface area contributed by atoms with Crippen molar-refractivity contribution in [1.29, 1.82) is 0 Å². The maximum Gasteiger partial charge on any atom is 0.118 e. The van der Waals surface area contributed by atoms with Gasteiger partial charge in [0.25, 0.3) is 0 Å². The third kappa shape index (κ3) is 6.60. The quantitative estimate of drug-likeness (QED) is 0.808. The summed E-state index contributed by atoms with van der Waals surface area (Å²) in [7, 11) is 0. The van der Waals surface area contributed by atoms with Gasteiger partial charge in [-0.2, -0.15) is 0 Å². The van der Waals surface area contributed by atoms with Crippen LogP contribution in [0.25, 0.3) is 0 Å². The fraction of sp³-hybridized carbons (Fsp3) is 0.556. The van der Waals surface area contributed by atoms with Crippen LogP contribution in [0, 0.1) is 6.92 Å². The summed E-state index contributed by atoms with van der Waals surface area (Å²) < 4.78 is 16.7. The second kappa shape index (κ2) is 7.81. The van der Waals surface area contributed by atoms with E-state index in [1.807, 2.05) is 52.0 Å². The molecule has 0 amide bonds. The van der Waals surface area contributed by atoms with Crippen LogP contribution in [0.2, 0.25) is 0 Å². The van der Waals surface area contributed by atoms with Crippen molar-refractivity contribution >= 4 is 0 Å². The first-order valence-electron chi connectivity index (χ1n) is 7.94. The van der Waals surface area contributed by atoms with E-state index in [4.69, 9.17) is 13.6 Å². The monoisotopic (exact) mass is 321 g/mol. The molecule has 0 bridgehead atoms. The summed E-state index contributed by atoms with van der Waals surface area (Å²) in [5, 5.41) is 10.3. The highest BCUT2D eigenvalue weighted by molar-refractivity contribution is 5.06. The number of aliphatic hydroxyl groups is 1. The molecule has 128 valence electrons. The molecule has 0 aliphatic carbocycles. The van der Waals surface area contributed by atoms with Crippen molar-refractivity contribution in [3.63, 3.8) is 0 Å². The van der Waals surface area contributed by atoms with Crippen LogP contribution in [-0.4, -0.2) is 34.9 Å². The van der Waals surface area contributed by atoms with Gasteiger partial charge in [-0.1, -0.05) is 0 Å². The van der Waals surface area contributed by atoms with Crippen LogP contribution >= 0.6 is 0 Å². The number of aryl methyl sites for hydroxylation is 1. The summed E-state index contributed by atoms with van der Waals surface area (Å²) >= 11 is 0. The molecular weight excluding hydrogens is 294 g/mol. The van der Waals surface area contributed by atoms with E-state index >= 15 is 0 Å². The van der Waals surface area contributed by atoms with Crippen molar-refractivity contribution in [1.82, 2.24) is 4.90 Å². The molecule has 0 aliphatic heterocycles. The Morgan fingerprint density at radius 3 is 2.48 bits per heavy atom. The number of ether oxygens (including phenoxy) is 1. The zero-order chi connectivity index (χ0) is 16.9. The normalized spacial score (nSPS) is 13.7. The first-order chi connectivity index (χ1) is 10.8. The third-order valence-electron chi connectivity index (χ3n) is 3.31. The highest BCUT2D eigenvalue weighted by atomic mass is 16.5. The van der Waals surface area contributed by atoms with Crippen molar-refractivity contribution < 1.29 is 18.7 Å². The molecule has 0 radical (unpaired) electrons. The Labute approximate surface area is 137 Å². The van der Waals surface area contributed by atoms with E-state index in [9.17, 15) is 5.11 Å². The van der Waals surface area contributed by atoms with Crippen molar-refractivity contribution in [2.45, 2.75) is 52.5 Å². The predicted octanol–water partition coefficient (Wildman–Crippen LogP) is 3.36. The van der Waals surface area contributed by atoms with E-state index in [1.165, 1.54) is 0 Å². The maximum absolute atomic E-state index is 10.3. The van der Waals surface area contributed by atoms with Gasteiger partial charge in [0, 0.05) is 6.54 Å². The number of hydrogen-bond donors (Lipinski definition) is 1. The maximum atomic E-state index is 10.3. The molecule has 2 aromatic rings. The van der Waals surface area contributed by atoms with Crippen molar-refractivity contribution in [2.24, 2.45) is 0 Å². The minimum absolute atomic E-state index is 0.259. The van der Waals surface area contributed by atoms with Gasteiger partial charge in [-0.15, -0.1) is 0 Å². The fourth-order valence-corrected chi connectivity index (χ4v) is 2.30. The van der Waals surface area contributed by atoms with Gasteiger partial charge in [0.1, 0.15) is 17.3 Å². The van der Waals surface area contributed by atoms with Gasteiger partial charge >= 0.3 is 0 Å². The number of rotatable bonds is 8. The lowest BCUT2D eigenvalue weighted by Gasteiger charge is -2.26. The average Bonchev–Trinajstić information content (AvgIpc) is 3.08. The molecule has 2 rings (SSSR count). The van der Waals surface area contributed by atoms with Crippen LogP contribution in [0.5, 0.6) is 0 Å². The first-order valence-corrected chi connectivity index (χ1v) is 7.94. The fourth-order valence-electron chi connectivity index (χ4n) is 2.30. The molecule has 1 N–H and O–H groups in total. The van der Waals surface area contributed by atoms with Crippen LogP contribution in [0.4, 0.5) is 0 Å². The zero-order valence-electron chi connectivity index (χ0n) is 14.4. The van der Waals surface area contributed by atoms with Gasteiger partial charge in [-0.25, -0.2) is 0 Å². The van der Waals surface area contributed by atoms with E-state index in [-0.39, 0.29) is 5.60 Å². The first kappa shape index (κ1) is 17.8. The van der Waals surface area contributed by atoms with E-state index in [1.54, 1.807) is 6.26 Å². The van der Waals surface area contributed by atoms with Crippen LogP contribution in [0.1, 0.15) is 38.1 Å². The Morgan fingerprint density at radius 1 is 1.17 bits per heavy atom. The highest BCUT2D eigenvalue weighted by Gasteiger charge is 2.18. The van der Waals surface area contributed by atoms with E-state index in [2.05, 4.69) is 4.90 Å². The zero-order valence-corrected chi connectivity index (χ0v) is 14.4. The lowest BCUT2D eigenvalue weighted by Crippen LogP contribution is -2.36. The standard InChI is InChI=1S/C18H27NO4/c1-14-7-8-17(23-14)12-19(11-16-6-5-9-21-16)10-15(20)13-22-18(2,3)4/h5-9,15,20H,10-13H2,1-4H3/t15-/m1/s1. The minimum Gasteiger partial charge on any atom is -0.468 e. The van der Waals surface area contributed by atoms with E-state index in [0.29, 0.717) is 26.2 Å². The molecule has 0 spiro atoms.